The van der Waals surface area contributed by atoms with Gasteiger partial charge in [0.05, 0.1) is 0 Å². The van der Waals surface area contributed by atoms with E-state index in [1.807, 2.05) is 6.92 Å². The van der Waals surface area contributed by atoms with Gasteiger partial charge in [0.15, 0.2) is 0 Å². The van der Waals surface area contributed by atoms with Gasteiger partial charge in [-0.05, 0) is 6.92 Å². The van der Waals surface area contributed by atoms with E-state index in [0.29, 0.717) is 0 Å². The van der Waals surface area contributed by atoms with Crippen molar-refractivity contribution in [3.63, 3.8) is 0 Å². The molecule has 0 spiro atoms. The summed E-state index contributed by atoms with van der Waals surface area (Å²) >= 11 is 0. The van der Waals surface area contributed by atoms with Gasteiger partial charge in [0, 0.05) is 46.4 Å². The predicted octanol–water partition coefficient (Wildman–Crippen LogP) is 1.66. The van der Waals surface area contributed by atoms with Gasteiger partial charge in [0.1, 0.15) is 0 Å². The van der Waals surface area contributed by atoms with Crippen LogP contribution in [0.25, 0.3) is 0 Å². The summed E-state index contributed by atoms with van der Waals surface area (Å²) in [6.45, 7) is 9.28. The third kappa shape index (κ3) is 76.7. The van der Waals surface area contributed by atoms with Crippen LogP contribution in [0.2, 0.25) is 0 Å². The molecular formula is C6H13OY-. The van der Waals surface area contributed by atoms with Gasteiger partial charge in [-0.1, -0.05) is 0 Å². The van der Waals surface area contributed by atoms with Crippen LogP contribution in [-0.2, 0) is 37.4 Å². The molecular weight excluding hydrogens is 177 g/mol. The van der Waals surface area contributed by atoms with E-state index in [-0.39, 0.29) is 32.7 Å². The maximum absolute atomic E-state index is 4.54. The molecule has 0 aromatic carbocycles. The fourth-order valence-electron chi connectivity index (χ4n) is 0. The third-order valence-corrected chi connectivity index (χ3v) is 0.289. The van der Waals surface area contributed by atoms with Crippen molar-refractivity contribution in [3.8, 4) is 0 Å². The van der Waals surface area contributed by atoms with Crippen LogP contribution in [0.1, 0.15) is 6.92 Å². The van der Waals surface area contributed by atoms with E-state index in [2.05, 4.69) is 18.2 Å². The Hall–Kier alpha value is 0.674. The predicted molar refractivity (Wildman–Crippen MR) is 33.1 cm³/mol. The van der Waals surface area contributed by atoms with Crippen molar-refractivity contribution in [2.24, 2.45) is 0 Å². The van der Waals surface area contributed by atoms with Crippen LogP contribution in [0.4, 0.5) is 0 Å². The minimum Gasteiger partial charge on any atom is -0.385 e. The maximum Gasteiger partial charge on any atom is 0.0433 e. The van der Waals surface area contributed by atoms with Gasteiger partial charge < -0.3 is 4.74 Å². The minimum atomic E-state index is 0. The van der Waals surface area contributed by atoms with Crippen molar-refractivity contribution in [1.82, 2.24) is 0 Å². The first-order valence-corrected chi connectivity index (χ1v) is 2.22. The zero-order valence-electron chi connectivity index (χ0n) is 5.68. The summed E-state index contributed by atoms with van der Waals surface area (Å²) in [5, 5.41) is 0. The fourth-order valence-corrected chi connectivity index (χ4v) is 0. The quantitative estimate of drug-likeness (QED) is 0.571. The Labute approximate surface area is 77.4 Å². The van der Waals surface area contributed by atoms with Gasteiger partial charge in [0.25, 0.3) is 0 Å². The molecule has 8 heavy (non-hydrogen) atoms. The van der Waals surface area contributed by atoms with E-state index in [9.17, 15) is 0 Å². The molecule has 0 atom stereocenters. The molecule has 0 aliphatic carbocycles. The second kappa shape index (κ2) is 25.3. The molecule has 0 fully saturated rings. The van der Waals surface area contributed by atoms with E-state index in [1.165, 1.54) is 6.08 Å². The first-order valence-electron chi connectivity index (χ1n) is 2.22. The number of methoxy groups -OCH3 is 1. The second-order valence-electron chi connectivity index (χ2n) is 0.866. The van der Waals surface area contributed by atoms with Crippen LogP contribution in [0.3, 0.4) is 0 Å². The molecule has 1 radical (unpaired) electrons. The van der Waals surface area contributed by atoms with Crippen molar-refractivity contribution >= 4 is 0 Å². The molecule has 0 saturated heterocycles. The zero-order chi connectivity index (χ0) is 6.12. The molecule has 0 unspecified atom stereocenters. The normalized spacial score (nSPS) is 5.25. The first-order chi connectivity index (χ1) is 3.33. The summed E-state index contributed by atoms with van der Waals surface area (Å²) in [6.07, 6.45) is 1.50. The van der Waals surface area contributed by atoms with Gasteiger partial charge in [-0.15, -0.1) is 0 Å². The number of allylic oxidation sites excluding steroid dienone is 1. The summed E-state index contributed by atoms with van der Waals surface area (Å²) in [5.41, 5.74) is 0. The Bertz CT molecular complexity index is 27.7. The summed E-state index contributed by atoms with van der Waals surface area (Å²) < 4.78 is 4.54. The van der Waals surface area contributed by atoms with Gasteiger partial charge in [-0.25, -0.2) is 19.6 Å². The van der Waals surface area contributed by atoms with Gasteiger partial charge >= 0.3 is 0 Å². The third-order valence-electron chi connectivity index (χ3n) is 0.289. The van der Waals surface area contributed by atoms with Crippen molar-refractivity contribution in [2.75, 3.05) is 13.7 Å². The molecule has 0 aliphatic rings. The van der Waals surface area contributed by atoms with Crippen LogP contribution in [0.15, 0.2) is 12.7 Å². The SMILES string of the molecule is C=C[CH2-].CCOC.[Y]. The topological polar surface area (TPSA) is 9.23 Å². The molecule has 0 heterocycles. The average molecular weight is 190 g/mol. The minimum absolute atomic E-state index is 0. The van der Waals surface area contributed by atoms with E-state index >= 15 is 0 Å². The van der Waals surface area contributed by atoms with Crippen LogP contribution in [0.5, 0.6) is 0 Å². The summed E-state index contributed by atoms with van der Waals surface area (Å²) in [4.78, 5) is 0. The Balaban J connectivity index is -0.0000000575. The summed E-state index contributed by atoms with van der Waals surface area (Å²) in [7, 11) is 1.68. The van der Waals surface area contributed by atoms with E-state index in [0.717, 1.165) is 6.61 Å². The molecule has 0 aromatic rings. The monoisotopic (exact) mass is 190 g/mol. The van der Waals surface area contributed by atoms with Gasteiger partial charge in [-0.3, -0.25) is 0 Å². The van der Waals surface area contributed by atoms with Crippen molar-refractivity contribution < 1.29 is 37.4 Å². The van der Waals surface area contributed by atoms with Crippen LogP contribution in [-0.4, -0.2) is 13.7 Å². The van der Waals surface area contributed by atoms with E-state index in [1.54, 1.807) is 7.11 Å². The second-order valence-corrected chi connectivity index (χ2v) is 0.866. The number of rotatable bonds is 1. The maximum atomic E-state index is 4.54. The van der Waals surface area contributed by atoms with E-state index < -0.39 is 0 Å². The molecule has 0 saturated carbocycles. The molecule has 0 aliphatic heterocycles. The standard InChI is InChI=1S/C3H8O.C3H5.Y/c1-3-4-2;1-3-2;/h3H2,1-2H3;3H,1-2H2;/q;-1;. The zero-order valence-corrected chi connectivity index (χ0v) is 8.52. The molecule has 0 amide bonds. The molecule has 0 N–H and O–H groups in total. The van der Waals surface area contributed by atoms with Crippen molar-refractivity contribution in [2.45, 2.75) is 6.92 Å². The van der Waals surface area contributed by atoms with Crippen molar-refractivity contribution in [1.29, 1.82) is 0 Å². The van der Waals surface area contributed by atoms with Crippen LogP contribution >= 0.6 is 0 Å². The fraction of sp³-hybridized carbons (Fsp3) is 0.500. The van der Waals surface area contributed by atoms with Gasteiger partial charge in [0.2, 0.25) is 0 Å². The molecule has 2 heteroatoms. The first kappa shape index (κ1) is 15.9. The number of hydrogen-bond donors (Lipinski definition) is 0. The summed E-state index contributed by atoms with van der Waals surface area (Å²) in [6, 6.07) is 0. The van der Waals surface area contributed by atoms with Crippen LogP contribution in [0, 0.1) is 6.92 Å². The number of hydrogen-bond acceptors (Lipinski definition) is 1. The van der Waals surface area contributed by atoms with Crippen LogP contribution < -0.4 is 0 Å². The smallest absolute Gasteiger partial charge is 0.0433 e. The Morgan fingerprint density at radius 3 is 1.88 bits per heavy atom. The molecule has 0 bridgehead atoms. The van der Waals surface area contributed by atoms with E-state index in [4.69, 9.17) is 0 Å². The largest absolute Gasteiger partial charge is 0.385 e. The Morgan fingerprint density at radius 1 is 1.75 bits per heavy atom. The number of ether oxygens (including phenoxy) is 1. The molecule has 47 valence electrons. The Kier molecular flexibility index (Phi) is 50.2. The molecule has 0 rings (SSSR count). The molecule has 0 aromatic heterocycles. The van der Waals surface area contributed by atoms with Crippen molar-refractivity contribution in [3.05, 3.63) is 19.6 Å². The summed E-state index contributed by atoms with van der Waals surface area (Å²) in [5.74, 6) is 0. The van der Waals surface area contributed by atoms with Gasteiger partial charge in [-0.2, -0.15) is 0 Å². The Morgan fingerprint density at radius 2 is 1.88 bits per heavy atom. The average Bonchev–Trinajstić information content (AvgIpc) is 1.69. The molecule has 1 nitrogen and oxygen atoms in total.